The van der Waals surface area contributed by atoms with Gasteiger partial charge in [-0.15, -0.1) is 0 Å². The fraction of sp³-hybridized carbons (Fsp3) is 0.222. The Morgan fingerprint density at radius 3 is 3.00 bits per heavy atom. The summed E-state index contributed by atoms with van der Waals surface area (Å²) in [5.41, 5.74) is 1.34. The average Bonchev–Trinajstić information content (AvgIpc) is 2.39. The maximum absolute atomic E-state index is 11.3. The summed E-state index contributed by atoms with van der Waals surface area (Å²) in [4.78, 5) is 19.5. The topological polar surface area (TPSA) is 47.3 Å². The maximum atomic E-state index is 11.3. The molecule has 0 radical (unpaired) electrons. The van der Waals surface area contributed by atoms with Gasteiger partial charge in [-0.1, -0.05) is 0 Å². The van der Waals surface area contributed by atoms with E-state index >= 15 is 0 Å². The monoisotopic (exact) mass is 175 g/mol. The van der Waals surface area contributed by atoms with E-state index in [2.05, 4.69) is 9.97 Å². The second kappa shape index (κ2) is 2.65. The number of carbonyl (C=O) groups is 1. The van der Waals surface area contributed by atoms with Crippen molar-refractivity contribution in [3.8, 4) is 0 Å². The van der Waals surface area contributed by atoms with Crippen LogP contribution in [-0.4, -0.2) is 20.2 Å². The smallest absolute Gasteiger partial charge is 0.234 e. The summed E-state index contributed by atoms with van der Waals surface area (Å²) in [6, 6.07) is 1.78. The van der Waals surface area contributed by atoms with Crippen LogP contribution in [0.15, 0.2) is 18.5 Å². The van der Waals surface area contributed by atoms with Crippen molar-refractivity contribution in [3.63, 3.8) is 0 Å². The van der Waals surface area contributed by atoms with Crippen LogP contribution in [0.5, 0.6) is 0 Å². The Labute approximate surface area is 75.2 Å². The standard InChI is InChI=1S/C9H9N3O/c1-6-8(7(2)13)12-5-3-4-10-9(12)11-6/h3-5H,1-2H3. The zero-order valence-electron chi connectivity index (χ0n) is 7.48. The van der Waals surface area contributed by atoms with Crippen molar-refractivity contribution in [2.75, 3.05) is 0 Å². The van der Waals surface area contributed by atoms with Crippen LogP contribution in [0, 0.1) is 6.92 Å². The second-order valence-electron chi connectivity index (χ2n) is 2.89. The Balaban J connectivity index is 2.86. The molecule has 0 aliphatic carbocycles. The Morgan fingerprint density at radius 1 is 1.54 bits per heavy atom. The molecule has 66 valence electrons. The molecule has 2 aromatic rings. The molecule has 0 saturated carbocycles. The number of carbonyl (C=O) groups excluding carboxylic acids is 1. The first kappa shape index (κ1) is 7.91. The fourth-order valence-electron chi connectivity index (χ4n) is 1.42. The summed E-state index contributed by atoms with van der Waals surface area (Å²) in [5, 5.41) is 0. The molecule has 4 heteroatoms. The van der Waals surface area contributed by atoms with E-state index in [1.165, 1.54) is 6.92 Å². The first-order valence-corrected chi connectivity index (χ1v) is 4.01. The Hall–Kier alpha value is -1.71. The van der Waals surface area contributed by atoms with E-state index in [1.54, 1.807) is 22.9 Å². The molecule has 0 N–H and O–H groups in total. The Bertz CT molecular complexity index is 473. The van der Waals surface area contributed by atoms with Crippen LogP contribution in [0.4, 0.5) is 0 Å². The molecule has 0 fully saturated rings. The highest BCUT2D eigenvalue weighted by atomic mass is 16.1. The van der Waals surface area contributed by atoms with Crippen LogP contribution in [0.1, 0.15) is 23.1 Å². The molecule has 2 heterocycles. The summed E-state index contributed by atoms with van der Waals surface area (Å²) in [5.74, 6) is 0.586. The molecule has 0 aliphatic heterocycles. The lowest BCUT2D eigenvalue weighted by atomic mass is 10.2. The van der Waals surface area contributed by atoms with Gasteiger partial charge in [0.15, 0.2) is 5.78 Å². The molecule has 2 aromatic heterocycles. The lowest BCUT2D eigenvalue weighted by molar-refractivity contribution is 0.101. The van der Waals surface area contributed by atoms with Gasteiger partial charge in [0.25, 0.3) is 0 Å². The van der Waals surface area contributed by atoms with Crippen molar-refractivity contribution >= 4 is 11.6 Å². The van der Waals surface area contributed by atoms with E-state index in [0.717, 1.165) is 5.69 Å². The molecular weight excluding hydrogens is 166 g/mol. The predicted octanol–water partition coefficient (Wildman–Crippen LogP) is 1.24. The van der Waals surface area contributed by atoms with Crippen LogP contribution >= 0.6 is 0 Å². The SMILES string of the molecule is CC(=O)c1c(C)nc2ncccn12. The number of aromatic nitrogens is 3. The minimum Gasteiger partial charge on any atom is -0.293 e. The third-order valence-corrected chi connectivity index (χ3v) is 1.91. The van der Waals surface area contributed by atoms with Crippen LogP contribution in [-0.2, 0) is 0 Å². The molecule has 0 aromatic carbocycles. The highest BCUT2D eigenvalue weighted by Crippen LogP contribution is 2.09. The van der Waals surface area contributed by atoms with Gasteiger partial charge in [0, 0.05) is 19.3 Å². The van der Waals surface area contributed by atoms with Crippen LogP contribution in [0.2, 0.25) is 0 Å². The molecule has 13 heavy (non-hydrogen) atoms. The van der Waals surface area contributed by atoms with Crippen molar-refractivity contribution in [3.05, 3.63) is 29.8 Å². The van der Waals surface area contributed by atoms with Crippen LogP contribution < -0.4 is 0 Å². The predicted molar refractivity (Wildman–Crippen MR) is 47.7 cm³/mol. The van der Waals surface area contributed by atoms with E-state index in [9.17, 15) is 4.79 Å². The van der Waals surface area contributed by atoms with Crippen molar-refractivity contribution in [2.24, 2.45) is 0 Å². The van der Waals surface area contributed by atoms with E-state index in [-0.39, 0.29) is 5.78 Å². The minimum absolute atomic E-state index is 0.0120. The minimum atomic E-state index is 0.0120. The van der Waals surface area contributed by atoms with Gasteiger partial charge in [-0.05, 0) is 13.0 Å². The quantitative estimate of drug-likeness (QED) is 0.612. The highest BCUT2D eigenvalue weighted by molar-refractivity contribution is 5.94. The number of rotatable bonds is 1. The van der Waals surface area contributed by atoms with Gasteiger partial charge >= 0.3 is 0 Å². The summed E-state index contributed by atoms with van der Waals surface area (Å²) in [6.45, 7) is 3.34. The molecule has 0 unspecified atom stereocenters. The number of hydrogen-bond donors (Lipinski definition) is 0. The lowest BCUT2D eigenvalue weighted by Crippen LogP contribution is -2.00. The number of aryl methyl sites for hydroxylation is 1. The molecule has 0 bridgehead atoms. The molecular formula is C9H9N3O. The van der Waals surface area contributed by atoms with Crippen molar-refractivity contribution in [2.45, 2.75) is 13.8 Å². The lowest BCUT2D eigenvalue weighted by Gasteiger charge is -1.95. The van der Waals surface area contributed by atoms with Gasteiger partial charge in [-0.2, -0.15) is 0 Å². The normalized spacial score (nSPS) is 10.6. The van der Waals surface area contributed by atoms with Gasteiger partial charge in [-0.25, -0.2) is 9.97 Å². The van der Waals surface area contributed by atoms with Gasteiger partial charge in [0.05, 0.1) is 5.69 Å². The number of fused-ring (bicyclic) bond motifs is 1. The molecule has 0 saturated heterocycles. The van der Waals surface area contributed by atoms with E-state index in [0.29, 0.717) is 11.5 Å². The van der Waals surface area contributed by atoms with Crippen molar-refractivity contribution in [1.82, 2.24) is 14.4 Å². The van der Waals surface area contributed by atoms with Gasteiger partial charge in [0.2, 0.25) is 5.78 Å². The number of hydrogen-bond acceptors (Lipinski definition) is 3. The van der Waals surface area contributed by atoms with Crippen molar-refractivity contribution < 1.29 is 4.79 Å². The number of ketones is 1. The highest BCUT2D eigenvalue weighted by Gasteiger charge is 2.11. The molecule has 2 rings (SSSR count). The summed E-state index contributed by atoms with van der Waals surface area (Å²) in [7, 11) is 0. The first-order chi connectivity index (χ1) is 6.20. The van der Waals surface area contributed by atoms with Gasteiger partial charge in [-0.3, -0.25) is 9.20 Å². The van der Waals surface area contributed by atoms with E-state index < -0.39 is 0 Å². The Morgan fingerprint density at radius 2 is 2.31 bits per heavy atom. The number of Topliss-reactive ketones (excluding diaryl/α,β-unsaturated/α-hetero) is 1. The first-order valence-electron chi connectivity index (χ1n) is 4.01. The summed E-state index contributed by atoms with van der Waals surface area (Å²) < 4.78 is 1.71. The maximum Gasteiger partial charge on any atom is 0.234 e. The number of nitrogens with zero attached hydrogens (tertiary/aromatic N) is 3. The summed E-state index contributed by atoms with van der Waals surface area (Å²) in [6.07, 6.45) is 3.45. The molecule has 0 atom stereocenters. The fourth-order valence-corrected chi connectivity index (χ4v) is 1.42. The zero-order chi connectivity index (χ0) is 9.42. The van der Waals surface area contributed by atoms with Crippen LogP contribution in [0.3, 0.4) is 0 Å². The third kappa shape index (κ3) is 1.11. The van der Waals surface area contributed by atoms with E-state index in [1.807, 2.05) is 6.92 Å². The Kier molecular flexibility index (Phi) is 1.62. The second-order valence-corrected chi connectivity index (χ2v) is 2.89. The largest absolute Gasteiger partial charge is 0.293 e. The van der Waals surface area contributed by atoms with Crippen LogP contribution in [0.25, 0.3) is 5.78 Å². The molecule has 0 spiro atoms. The average molecular weight is 175 g/mol. The van der Waals surface area contributed by atoms with Crippen molar-refractivity contribution in [1.29, 1.82) is 0 Å². The molecule has 4 nitrogen and oxygen atoms in total. The van der Waals surface area contributed by atoms with Gasteiger partial charge < -0.3 is 0 Å². The third-order valence-electron chi connectivity index (χ3n) is 1.91. The summed E-state index contributed by atoms with van der Waals surface area (Å²) >= 11 is 0. The van der Waals surface area contributed by atoms with Gasteiger partial charge in [0.1, 0.15) is 5.69 Å². The van der Waals surface area contributed by atoms with E-state index in [4.69, 9.17) is 0 Å². The zero-order valence-corrected chi connectivity index (χ0v) is 7.48. The molecule has 0 amide bonds. The molecule has 0 aliphatic rings. The number of imidazole rings is 1.